The SMILES string of the molecule is CC(C)(C)c1cc(-c2ccc(C(C)(C)C)cc2-c2ccc(C(C)(C)C)cc2N(c2ccc3c(c2)C(C)(C)c2ccccc2-3)c2ccc3c(c2)C2(c4ccccc4-3)C3CC4CC(C3)CC2C4)cc(C(C)(C)C)c1. The minimum atomic E-state index is -0.148. The second-order valence-corrected chi connectivity index (χ2v) is 28.0. The first kappa shape index (κ1) is 47.4. The van der Waals surface area contributed by atoms with Gasteiger partial charge in [-0.15, -0.1) is 0 Å². The van der Waals surface area contributed by atoms with Gasteiger partial charge in [-0.25, -0.2) is 0 Å². The van der Waals surface area contributed by atoms with E-state index in [1.807, 2.05) is 0 Å². The monoisotopic (exact) mass is 946 g/mol. The summed E-state index contributed by atoms with van der Waals surface area (Å²) in [6.45, 7) is 33.3. The van der Waals surface area contributed by atoms with E-state index in [1.54, 1.807) is 11.1 Å². The summed E-state index contributed by atoms with van der Waals surface area (Å²) in [7, 11) is 0. The van der Waals surface area contributed by atoms with Crippen LogP contribution in [0.3, 0.4) is 0 Å². The standard InChI is InChI=1S/C71H79N/c1-66(2,3)46-23-27-54(45-36-48(68(7,8)9)38-49(37-45)69(10,11)12)60(39-46)59-28-24-47(67(4,5)6)40-65(59)72(52-25-29-57-55-19-15-17-21-61(55)70(13,14)63(57)41-52)53-26-30-58-56-20-16-18-22-62(56)71(64(58)42-53)50-32-43-31-44(34-50)35-51(71)33-43/h15-30,36-44,50-51H,31-35H2,1-14H3. The summed E-state index contributed by atoms with van der Waals surface area (Å²) in [5.41, 5.74) is 25.7. The smallest absolute Gasteiger partial charge is 0.0543 e. The van der Waals surface area contributed by atoms with Gasteiger partial charge >= 0.3 is 0 Å². The molecule has 13 rings (SSSR count). The van der Waals surface area contributed by atoms with Crippen molar-refractivity contribution in [3.05, 3.63) is 184 Å². The molecule has 0 aromatic heterocycles. The summed E-state index contributed by atoms with van der Waals surface area (Å²) in [5.74, 6) is 3.14. The van der Waals surface area contributed by atoms with Gasteiger partial charge in [0.1, 0.15) is 0 Å². The molecule has 7 aromatic rings. The minimum absolute atomic E-state index is 0.0132. The number of fused-ring (bicyclic) bond motifs is 6. The number of hydrogen-bond acceptors (Lipinski definition) is 1. The predicted molar refractivity (Wildman–Crippen MR) is 308 cm³/mol. The molecule has 0 saturated heterocycles. The van der Waals surface area contributed by atoms with E-state index in [1.165, 1.54) is 127 Å². The van der Waals surface area contributed by atoms with E-state index in [0.717, 1.165) is 11.8 Å². The molecule has 72 heavy (non-hydrogen) atoms. The van der Waals surface area contributed by atoms with Gasteiger partial charge in [-0.3, -0.25) is 0 Å². The van der Waals surface area contributed by atoms with Gasteiger partial charge in [0.25, 0.3) is 0 Å². The molecular formula is C71H79N. The lowest BCUT2D eigenvalue weighted by Crippen LogP contribution is -2.55. The summed E-state index contributed by atoms with van der Waals surface area (Å²) >= 11 is 0. The Balaban J connectivity index is 1.16. The van der Waals surface area contributed by atoms with Gasteiger partial charge in [0.2, 0.25) is 0 Å². The van der Waals surface area contributed by atoms with Gasteiger partial charge in [0.15, 0.2) is 0 Å². The fourth-order valence-electron chi connectivity index (χ4n) is 15.1. The third kappa shape index (κ3) is 7.28. The highest BCUT2D eigenvalue weighted by Gasteiger charge is 2.61. The Labute approximate surface area is 433 Å². The van der Waals surface area contributed by atoms with Crippen molar-refractivity contribution < 1.29 is 0 Å². The summed E-state index contributed by atoms with van der Waals surface area (Å²) < 4.78 is 0. The van der Waals surface area contributed by atoms with E-state index in [9.17, 15) is 0 Å². The van der Waals surface area contributed by atoms with Crippen LogP contribution in [0.4, 0.5) is 17.1 Å². The Bertz CT molecular complexity index is 3260. The zero-order valence-electron chi connectivity index (χ0n) is 46.1. The van der Waals surface area contributed by atoms with E-state index in [4.69, 9.17) is 0 Å². The molecule has 6 aliphatic carbocycles. The lowest BCUT2D eigenvalue weighted by molar-refractivity contribution is -0.0399. The molecule has 0 atom stereocenters. The fourth-order valence-corrected chi connectivity index (χ4v) is 15.1. The quantitative estimate of drug-likeness (QED) is 0.166. The molecule has 368 valence electrons. The molecule has 4 saturated carbocycles. The van der Waals surface area contributed by atoms with Crippen molar-refractivity contribution in [2.45, 2.75) is 162 Å². The van der Waals surface area contributed by atoms with Gasteiger partial charge < -0.3 is 4.90 Å². The van der Waals surface area contributed by atoms with Gasteiger partial charge in [-0.2, -0.15) is 0 Å². The van der Waals surface area contributed by atoms with Crippen molar-refractivity contribution in [1.29, 1.82) is 0 Å². The van der Waals surface area contributed by atoms with E-state index >= 15 is 0 Å². The largest absolute Gasteiger partial charge is 0.310 e. The first-order valence-electron chi connectivity index (χ1n) is 27.7. The first-order chi connectivity index (χ1) is 33.9. The Morgan fingerprint density at radius 1 is 0.361 bits per heavy atom. The number of nitrogens with zero attached hydrogens (tertiary/aromatic N) is 1. The first-order valence-corrected chi connectivity index (χ1v) is 27.7. The van der Waals surface area contributed by atoms with Crippen molar-refractivity contribution in [2.75, 3.05) is 4.90 Å². The molecule has 6 aliphatic rings. The number of benzene rings is 7. The van der Waals surface area contributed by atoms with Gasteiger partial charge in [0, 0.05) is 27.8 Å². The summed E-state index contributed by atoms with van der Waals surface area (Å²) in [6.07, 6.45) is 6.92. The summed E-state index contributed by atoms with van der Waals surface area (Å²) in [4.78, 5) is 2.71. The van der Waals surface area contributed by atoms with Crippen molar-refractivity contribution in [1.82, 2.24) is 0 Å². The van der Waals surface area contributed by atoms with Crippen LogP contribution in [0.5, 0.6) is 0 Å². The van der Waals surface area contributed by atoms with Crippen LogP contribution in [-0.2, 0) is 32.5 Å². The zero-order chi connectivity index (χ0) is 50.7. The lowest BCUT2D eigenvalue weighted by atomic mass is 9.43. The topological polar surface area (TPSA) is 3.24 Å². The third-order valence-corrected chi connectivity index (χ3v) is 18.9. The maximum atomic E-state index is 2.72. The maximum Gasteiger partial charge on any atom is 0.0543 e. The Morgan fingerprint density at radius 3 is 1.36 bits per heavy atom. The van der Waals surface area contributed by atoms with Crippen LogP contribution in [0.2, 0.25) is 0 Å². The predicted octanol–water partition coefficient (Wildman–Crippen LogP) is 19.7. The molecular weight excluding hydrogens is 867 g/mol. The van der Waals surface area contributed by atoms with Gasteiger partial charge in [-0.05, 0) is 197 Å². The van der Waals surface area contributed by atoms with E-state index < -0.39 is 0 Å². The molecule has 0 aliphatic heterocycles. The van der Waals surface area contributed by atoms with Gasteiger partial charge in [-0.1, -0.05) is 200 Å². The summed E-state index contributed by atoms with van der Waals surface area (Å²) in [6, 6.07) is 56.3. The van der Waals surface area contributed by atoms with Crippen LogP contribution in [0.15, 0.2) is 140 Å². The molecule has 1 heteroatoms. The van der Waals surface area contributed by atoms with E-state index in [-0.39, 0.29) is 32.5 Å². The average Bonchev–Trinajstić information content (AvgIpc) is 3.74. The zero-order valence-corrected chi connectivity index (χ0v) is 46.1. The number of anilines is 3. The van der Waals surface area contributed by atoms with E-state index in [2.05, 4.69) is 241 Å². The van der Waals surface area contributed by atoms with Crippen molar-refractivity contribution in [2.24, 2.45) is 23.7 Å². The number of rotatable bonds is 5. The molecule has 0 amide bonds. The van der Waals surface area contributed by atoms with E-state index in [0.29, 0.717) is 11.8 Å². The minimum Gasteiger partial charge on any atom is -0.310 e. The molecule has 1 nitrogen and oxygen atoms in total. The van der Waals surface area contributed by atoms with Crippen molar-refractivity contribution >= 4 is 17.1 Å². The molecule has 0 N–H and O–H groups in total. The number of hydrogen-bond donors (Lipinski definition) is 0. The molecule has 4 bridgehead atoms. The fraction of sp³-hybridized carbons (Fsp3) is 0.408. The molecule has 1 spiro atoms. The van der Waals surface area contributed by atoms with Gasteiger partial charge in [0.05, 0.1) is 5.69 Å². The Hall–Kier alpha value is -5.66. The highest BCUT2D eigenvalue weighted by molar-refractivity contribution is 5.97. The normalized spacial score (nSPS) is 22.5. The molecule has 7 aromatic carbocycles. The van der Waals surface area contributed by atoms with Crippen molar-refractivity contribution in [3.8, 4) is 44.5 Å². The highest BCUT2D eigenvalue weighted by Crippen LogP contribution is 2.70. The molecule has 4 fully saturated rings. The Kier molecular flexibility index (Phi) is 10.5. The van der Waals surface area contributed by atoms with Crippen LogP contribution in [0, 0.1) is 23.7 Å². The molecule has 0 unspecified atom stereocenters. The lowest BCUT2D eigenvalue weighted by Gasteiger charge is -2.61. The van der Waals surface area contributed by atoms with Crippen molar-refractivity contribution in [3.63, 3.8) is 0 Å². The van der Waals surface area contributed by atoms with Crippen LogP contribution in [0.1, 0.15) is 174 Å². The second-order valence-electron chi connectivity index (χ2n) is 28.0. The summed E-state index contributed by atoms with van der Waals surface area (Å²) in [5, 5.41) is 0. The maximum absolute atomic E-state index is 2.72. The Morgan fingerprint density at radius 2 is 0.806 bits per heavy atom. The highest BCUT2D eigenvalue weighted by atomic mass is 15.1. The van der Waals surface area contributed by atoms with Crippen LogP contribution < -0.4 is 4.90 Å². The van der Waals surface area contributed by atoms with Crippen LogP contribution in [-0.4, -0.2) is 0 Å². The van der Waals surface area contributed by atoms with Crippen LogP contribution in [0.25, 0.3) is 44.5 Å². The molecule has 0 radical (unpaired) electrons. The van der Waals surface area contributed by atoms with Crippen LogP contribution >= 0.6 is 0 Å². The second kappa shape index (κ2) is 15.9. The average molecular weight is 946 g/mol. The molecule has 0 heterocycles. The third-order valence-electron chi connectivity index (χ3n) is 18.9.